The Balaban J connectivity index is 0.000000205. The van der Waals surface area contributed by atoms with Gasteiger partial charge in [0.05, 0.1) is 0 Å². The fourth-order valence-electron chi connectivity index (χ4n) is 7.81. The second kappa shape index (κ2) is 18.8. The van der Waals surface area contributed by atoms with Gasteiger partial charge in [0.25, 0.3) is 0 Å². The van der Waals surface area contributed by atoms with E-state index < -0.39 is 5.60 Å². The van der Waals surface area contributed by atoms with Gasteiger partial charge in [-0.25, -0.2) is 14.4 Å². The van der Waals surface area contributed by atoms with Gasteiger partial charge in [0.15, 0.2) is 0 Å². The molecule has 0 unspecified atom stereocenters. The lowest BCUT2D eigenvalue weighted by atomic mass is 9.79. The highest BCUT2D eigenvalue weighted by molar-refractivity contribution is 9.10. The van der Waals surface area contributed by atoms with Crippen molar-refractivity contribution in [1.29, 1.82) is 0 Å². The summed E-state index contributed by atoms with van der Waals surface area (Å²) in [7, 11) is 0. The van der Waals surface area contributed by atoms with Gasteiger partial charge in [0, 0.05) is 59.6 Å². The average molecular weight is 833 g/mol. The van der Waals surface area contributed by atoms with Crippen LogP contribution in [0, 0.1) is 23.7 Å². The maximum Gasteiger partial charge on any atom is 0.410 e. The minimum absolute atomic E-state index is 0.0227. The van der Waals surface area contributed by atoms with E-state index in [1.54, 1.807) is 0 Å². The van der Waals surface area contributed by atoms with E-state index in [-0.39, 0.29) is 18.2 Å². The van der Waals surface area contributed by atoms with Crippen LogP contribution in [0.25, 0.3) is 0 Å². The average Bonchev–Trinajstić information content (AvgIpc) is 3.13. The molecule has 3 N–H and O–H groups in total. The lowest BCUT2D eigenvalue weighted by Gasteiger charge is -2.40. The first-order chi connectivity index (χ1) is 24.4. The van der Waals surface area contributed by atoms with E-state index >= 15 is 0 Å². The molecule has 2 aromatic carbocycles. The zero-order valence-corrected chi connectivity index (χ0v) is 33.6. The van der Waals surface area contributed by atoms with Crippen LogP contribution < -0.4 is 16.0 Å². The van der Waals surface area contributed by atoms with Gasteiger partial charge >= 0.3 is 18.2 Å². The minimum Gasteiger partial charge on any atom is -0.444 e. The number of hydrogen-bond donors (Lipinski definition) is 3. The normalized spacial score (nSPS) is 19.9. The lowest BCUT2D eigenvalue weighted by molar-refractivity contribution is 0.0141. The minimum atomic E-state index is -0.447. The monoisotopic (exact) mass is 830 g/mol. The summed E-state index contributed by atoms with van der Waals surface area (Å²) in [5.41, 5.74) is 1.22. The summed E-state index contributed by atoms with van der Waals surface area (Å²) in [5.74, 6) is 2.93. The van der Waals surface area contributed by atoms with Crippen molar-refractivity contribution in [2.75, 3.05) is 63.0 Å². The maximum absolute atomic E-state index is 12.5. The van der Waals surface area contributed by atoms with Crippen LogP contribution in [-0.2, 0) is 4.74 Å². The molecule has 0 aromatic heterocycles. The van der Waals surface area contributed by atoms with E-state index in [9.17, 15) is 14.4 Å². The van der Waals surface area contributed by atoms with Gasteiger partial charge in [-0.1, -0.05) is 31.9 Å². The lowest BCUT2D eigenvalue weighted by Crippen LogP contribution is -2.46. The van der Waals surface area contributed by atoms with E-state index in [1.165, 1.54) is 12.8 Å². The number of halogens is 2. The number of anilines is 2. The van der Waals surface area contributed by atoms with E-state index in [1.807, 2.05) is 84.0 Å². The summed E-state index contributed by atoms with van der Waals surface area (Å²) in [6, 6.07) is 15.4. The van der Waals surface area contributed by atoms with Crippen LogP contribution in [0.1, 0.15) is 72.1 Å². The summed E-state index contributed by atoms with van der Waals surface area (Å²) < 4.78 is 7.50. The Kier molecular flexibility index (Phi) is 14.5. The number of benzene rings is 2. The molecule has 4 heterocycles. The first-order valence-corrected chi connectivity index (χ1v) is 20.3. The molecule has 0 bridgehead atoms. The van der Waals surface area contributed by atoms with Crippen LogP contribution in [0.4, 0.5) is 25.8 Å². The Morgan fingerprint density at radius 2 is 0.922 bits per heavy atom. The summed E-state index contributed by atoms with van der Waals surface area (Å²) >= 11 is 6.81. The zero-order chi connectivity index (χ0) is 36.4. The SMILES string of the molecule is CC(C)(C)OC(=O)N1CCC(C2CCN(C(=O)Nc3ccc(Br)cc3)CC2)CC1.O=C(Nc1ccc(Br)cc1)N1CCC(C2CCNCC2)CC1. The van der Waals surface area contributed by atoms with Crippen molar-refractivity contribution in [3.05, 3.63) is 57.5 Å². The summed E-state index contributed by atoms with van der Waals surface area (Å²) in [6.07, 6.45) is 8.82. The Bertz CT molecular complexity index is 1410. The molecule has 0 aliphatic carbocycles. The molecular weight excluding hydrogens is 776 g/mol. The number of carbonyl (C=O) groups excluding carboxylic acids is 3. The summed E-state index contributed by atoms with van der Waals surface area (Å²) in [5, 5.41) is 9.40. The topological polar surface area (TPSA) is 106 Å². The van der Waals surface area contributed by atoms with Crippen LogP contribution >= 0.6 is 31.9 Å². The quantitative estimate of drug-likeness (QED) is 0.285. The van der Waals surface area contributed by atoms with Crippen molar-refractivity contribution in [2.24, 2.45) is 23.7 Å². The molecule has 6 rings (SSSR count). The van der Waals surface area contributed by atoms with Crippen LogP contribution in [0.3, 0.4) is 0 Å². The first-order valence-electron chi connectivity index (χ1n) is 18.7. The number of likely N-dealkylation sites (tertiary alicyclic amines) is 3. The third-order valence-electron chi connectivity index (χ3n) is 10.8. The predicted molar refractivity (Wildman–Crippen MR) is 211 cm³/mol. The number of urea groups is 2. The Hall–Kier alpha value is -2.83. The van der Waals surface area contributed by atoms with Crippen LogP contribution in [0.15, 0.2) is 57.5 Å². The highest BCUT2D eigenvalue weighted by atomic mass is 79.9. The van der Waals surface area contributed by atoms with E-state index in [0.29, 0.717) is 11.8 Å². The number of piperidine rings is 4. The van der Waals surface area contributed by atoms with Crippen molar-refractivity contribution in [1.82, 2.24) is 20.0 Å². The third-order valence-corrected chi connectivity index (χ3v) is 11.8. The van der Waals surface area contributed by atoms with Crippen molar-refractivity contribution in [2.45, 2.75) is 77.7 Å². The predicted octanol–water partition coefficient (Wildman–Crippen LogP) is 9.03. The molecule has 51 heavy (non-hydrogen) atoms. The fraction of sp³-hybridized carbons (Fsp3) is 0.615. The molecule has 10 nitrogen and oxygen atoms in total. The molecule has 4 aliphatic heterocycles. The molecule has 2 aromatic rings. The molecule has 4 aliphatic rings. The largest absolute Gasteiger partial charge is 0.444 e. The molecule has 0 saturated carbocycles. The summed E-state index contributed by atoms with van der Waals surface area (Å²) in [4.78, 5) is 42.8. The molecule has 4 fully saturated rings. The van der Waals surface area contributed by atoms with Gasteiger partial charge in [0.1, 0.15) is 5.60 Å². The number of carbonyl (C=O) groups is 3. The highest BCUT2D eigenvalue weighted by Crippen LogP contribution is 2.34. The smallest absolute Gasteiger partial charge is 0.410 e. The number of ether oxygens (including phenoxy) is 1. The van der Waals surface area contributed by atoms with Gasteiger partial charge in [-0.3, -0.25) is 0 Å². The Labute approximate surface area is 321 Å². The van der Waals surface area contributed by atoms with E-state index in [4.69, 9.17) is 4.74 Å². The molecule has 0 atom stereocenters. The number of nitrogens with one attached hydrogen (secondary N) is 3. The summed E-state index contributed by atoms with van der Waals surface area (Å²) in [6.45, 7) is 12.9. The molecule has 0 spiro atoms. The first kappa shape index (κ1) is 39.4. The Morgan fingerprint density at radius 3 is 1.27 bits per heavy atom. The van der Waals surface area contributed by atoms with Crippen LogP contribution in [0.2, 0.25) is 0 Å². The molecule has 12 heteroatoms. The number of amides is 5. The number of hydrogen-bond acceptors (Lipinski definition) is 5. The third kappa shape index (κ3) is 12.4. The van der Waals surface area contributed by atoms with Gasteiger partial charge in [-0.2, -0.15) is 0 Å². The molecule has 5 amide bonds. The van der Waals surface area contributed by atoms with Gasteiger partial charge < -0.3 is 35.4 Å². The van der Waals surface area contributed by atoms with Crippen molar-refractivity contribution >= 4 is 61.4 Å². The van der Waals surface area contributed by atoms with Gasteiger partial charge in [-0.15, -0.1) is 0 Å². The Morgan fingerprint density at radius 1 is 0.588 bits per heavy atom. The highest BCUT2D eigenvalue weighted by Gasteiger charge is 2.33. The van der Waals surface area contributed by atoms with E-state index in [0.717, 1.165) is 123 Å². The van der Waals surface area contributed by atoms with Crippen LogP contribution in [0.5, 0.6) is 0 Å². The second-order valence-electron chi connectivity index (χ2n) is 15.4. The molecular formula is C39H56Br2N6O4. The van der Waals surface area contributed by atoms with Crippen molar-refractivity contribution < 1.29 is 19.1 Å². The fourth-order valence-corrected chi connectivity index (χ4v) is 8.34. The van der Waals surface area contributed by atoms with Crippen molar-refractivity contribution in [3.63, 3.8) is 0 Å². The number of rotatable bonds is 4. The van der Waals surface area contributed by atoms with Gasteiger partial charge in [-0.05, 0) is 157 Å². The molecule has 280 valence electrons. The molecule has 0 radical (unpaired) electrons. The standard InChI is InChI=1S/C22H32BrN3O3.C17H24BrN3O/c1-22(2,3)29-21(28)26-14-10-17(11-15-26)16-8-12-25(13-9-16)20(27)24-19-6-4-18(23)5-7-19;18-15-1-3-16(4-2-15)20-17(22)21-11-7-14(8-12-21)13-5-9-19-10-6-13/h4-7,16-17H,8-15H2,1-3H3,(H,24,27);1-4,13-14,19H,5-12H2,(H,20,22). The van der Waals surface area contributed by atoms with Crippen LogP contribution in [-0.4, -0.2) is 90.8 Å². The number of nitrogens with zero attached hydrogens (tertiary/aromatic N) is 3. The second-order valence-corrected chi connectivity index (χ2v) is 17.2. The van der Waals surface area contributed by atoms with Gasteiger partial charge in [0.2, 0.25) is 0 Å². The van der Waals surface area contributed by atoms with Crippen molar-refractivity contribution in [3.8, 4) is 0 Å². The zero-order valence-electron chi connectivity index (χ0n) is 30.5. The van der Waals surface area contributed by atoms with E-state index in [2.05, 4.69) is 47.8 Å². The maximum atomic E-state index is 12.5. The molecule has 4 saturated heterocycles.